The van der Waals surface area contributed by atoms with Crippen molar-refractivity contribution in [2.24, 2.45) is 0 Å². The van der Waals surface area contributed by atoms with Crippen molar-refractivity contribution in [2.45, 2.75) is 18.9 Å². The number of halogens is 1. The van der Waals surface area contributed by atoms with E-state index in [0.29, 0.717) is 11.7 Å². The average molecular weight is 366 g/mol. The zero-order chi connectivity index (χ0) is 16.3. The van der Waals surface area contributed by atoms with E-state index in [0.717, 1.165) is 26.9 Å². The molecule has 2 N–H and O–H groups in total. The monoisotopic (exact) mass is 365 g/mol. The van der Waals surface area contributed by atoms with Crippen LogP contribution in [0.1, 0.15) is 22.4 Å². The molecule has 3 aromatic rings. The number of aromatic nitrogens is 2. The summed E-state index contributed by atoms with van der Waals surface area (Å²) in [5, 5.41) is 26.3. The van der Waals surface area contributed by atoms with Crippen LogP contribution in [-0.2, 0) is 12.0 Å². The zero-order valence-corrected chi connectivity index (χ0v) is 14.9. The lowest BCUT2D eigenvalue weighted by Gasteiger charge is -2.21. The molecule has 0 aliphatic carbocycles. The molecule has 2 aromatic heterocycles. The SMILES string of the molecule is CC(O)(CNc1nnc(Cc2ccc(Cl)cc2)s1)c1cccs1. The van der Waals surface area contributed by atoms with Crippen LogP contribution in [0.3, 0.4) is 0 Å². The van der Waals surface area contributed by atoms with Gasteiger partial charge in [0.1, 0.15) is 10.6 Å². The second kappa shape index (κ2) is 6.97. The Morgan fingerprint density at radius 2 is 2.00 bits per heavy atom. The molecule has 0 spiro atoms. The van der Waals surface area contributed by atoms with Crippen LogP contribution in [0.2, 0.25) is 5.02 Å². The molecular formula is C16H16ClN3OS2. The Bertz CT molecular complexity index is 754. The van der Waals surface area contributed by atoms with Crippen molar-refractivity contribution in [3.05, 3.63) is 62.2 Å². The fraction of sp³-hybridized carbons (Fsp3) is 0.250. The Labute approximate surface area is 147 Å². The largest absolute Gasteiger partial charge is 0.383 e. The third-order valence-electron chi connectivity index (χ3n) is 3.37. The fourth-order valence-electron chi connectivity index (χ4n) is 2.09. The molecule has 0 amide bonds. The molecule has 0 radical (unpaired) electrons. The summed E-state index contributed by atoms with van der Waals surface area (Å²) >= 11 is 8.92. The van der Waals surface area contributed by atoms with Gasteiger partial charge < -0.3 is 10.4 Å². The summed E-state index contributed by atoms with van der Waals surface area (Å²) in [5.74, 6) is 0. The Morgan fingerprint density at radius 3 is 2.70 bits per heavy atom. The summed E-state index contributed by atoms with van der Waals surface area (Å²) in [6.07, 6.45) is 0.720. The number of nitrogens with zero attached hydrogens (tertiary/aromatic N) is 2. The third kappa shape index (κ3) is 4.29. The molecule has 0 aliphatic heterocycles. The molecule has 3 rings (SSSR count). The topological polar surface area (TPSA) is 58.0 Å². The first kappa shape index (κ1) is 16.4. The van der Waals surface area contributed by atoms with E-state index in [9.17, 15) is 5.11 Å². The quantitative estimate of drug-likeness (QED) is 0.688. The summed E-state index contributed by atoms with van der Waals surface area (Å²) in [6, 6.07) is 11.6. The van der Waals surface area contributed by atoms with Crippen LogP contribution < -0.4 is 5.32 Å². The standard InChI is InChI=1S/C16H16ClN3OS2/c1-16(21,13-3-2-8-22-13)10-18-15-20-19-14(23-15)9-11-4-6-12(17)7-5-11/h2-8,21H,9-10H2,1H3,(H,18,20). The van der Waals surface area contributed by atoms with Crippen molar-refractivity contribution in [1.29, 1.82) is 0 Å². The van der Waals surface area contributed by atoms with Crippen molar-refractivity contribution in [1.82, 2.24) is 10.2 Å². The predicted octanol–water partition coefficient (Wildman–Crippen LogP) is 4.16. The van der Waals surface area contributed by atoms with E-state index in [-0.39, 0.29) is 0 Å². The molecule has 4 nitrogen and oxygen atoms in total. The maximum absolute atomic E-state index is 10.5. The minimum absolute atomic E-state index is 0.392. The highest BCUT2D eigenvalue weighted by Crippen LogP contribution is 2.26. The number of hydrogen-bond acceptors (Lipinski definition) is 6. The molecule has 2 heterocycles. The first-order valence-electron chi connectivity index (χ1n) is 7.10. The highest BCUT2D eigenvalue weighted by molar-refractivity contribution is 7.15. The molecule has 0 aliphatic rings. The van der Waals surface area contributed by atoms with Gasteiger partial charge in [0, 0.05) is 16.3 Å². The van der Waals surface area contributed by atoms with Crippen molar-refractivity contribution < 1.29 is 5.11 Å². The first-order valence-corrected chi connectivity index (χ1v) is 9.17. The maximum atomic E-state index is 10.5. The van der Waals surface area contributed by atoms with E-state index in [2.05, 4.69) is 15.5 Å². The highest BCUT2D eigenvalue weighted by Gasteiger charge is 2.24. The Kier molecular flexibility index (Phi) is 4.96. The van der Waals surface area contributed by atoms with Gasteiger partial charge in [-0.05, 0) is 36.1 Å². The second-order valence-electron chi connectivity index (χ2n) is 5.41. The van der Waals surface area contributed by atoms with Crippen LogP contribution in [-0.4, -0.2) is 21.8 Å². The zero-order valence-electron chi connectivity index (χ0n) is 12.5. The summed E-state index contributed by atoms with van der Waals surface area (Å²) in [6.45, 7) is 2.19. The summed E-state index contributed by atoms with van der Waals surface area (Å²) < 4.78 is 0. The molecule has 0 fully saturated rings. The molecule has 0 saturated carbocycles. The van der Waals surface area contributed by atoms with E-state index in [1.807, 2.05) is 41.8 Å². The first-order chi connectivity index (χ1) is 11.0. The van der Waals surface area contributed by atoms with Gasteiger partial charge in [-0.15, -0.1) is 21.5 Å². The molecule has 7 heteroatoms. The Balaban J connectivity index is 1.60. The maximum Gasteiger partial charge on any atom is 0.205 e. The summed E-state index contributed by atoms with van der Waals surface area (Å²) in [4.78, 5) is 0.927. The molecule has 120 valence electrons. The summed E-state index contributed by atoms with van der Waals surface area (Å²) in [7, 11) is 0. The average Bonchev–Trinajstić information content (AvgIpc) is 3.19. The highest BCUT2D eigenvalue weighted by atomic mass is 35.5. The van der Waals surface area contributed by atoms with Gasteiger partial charge in [-0.3, -0.25) is 0 Å². The van der Waals surface area contributed by atoms with E-state index >= 15 is 0 Å². The molecule has 0 saturated heterocycles. The number of nitrogens with one attached hydrogen (secondary N) is 1. The van der Waals surface area contributed by atoms with E-state index < -0.39 is 5.60 Å². The van der Waals surface area contributed by atoms with Gasteiger partial charge in [-0.1, -0.05) is 41.1 Å². The summed E-state index contributed by atoms with van der Waals surface area (Å²) in [5.41, 5.74) is 0.221. The van der Waals surface area contributed by atoms with Crippen LogP contribution in [0.25, 0.3) is 0 Å². The van der Waals surface area contributed by atoms with Crippen molar-refractivity contribution in [3.63, 3.8) is 0 Å². The predicted molar refractivity (Wildman–Crippen MR) is 96.5 cm³/mol. The van der Waals surface area contributed by atoms with Gasteiger partial charge in [0.05, 0.1) is 6.54 Å². The van der Waals surface area contributed by atoms with Crippen molar-refractivity contribution in [3.8, 4) is 0 Å². The Hall–Kier alpha value is -1.47. The van der Waals surface area contributed by atoms with Crippen LogP contribution in [0.15, 0.2) is 41.8 Å². The van der Waals surface area contributed by atoms with Gasteiger partial charge >= 0.3 is 0 Å². The number of benzene rings is 1. The van der Waals surface area contributed by atoms with Gasteiger partial charge in [-0.25, -0.2) is 0 Å². The van der Waals surface area contributed by atoms with Crippen LogP contribution >= 0.6 is 34.3 Å². The molecule has 1 unspecified atom stereocenters. The number of hydrogen-bond donors (Lipinski definition) is 2. The minimum atomic E-state index is -0.920. The van der Waals surface area contributed by atoms with E-state index in [1.54, 1.807) is 6.92 Å². The van der Waals surface area contributed by atoms with Crippen LogP contribution in [0.5, 0.6) is 0 Å². The van der Waals surface area contributed by atoms with Gasteiger partial charge in [-0.2, -0.15) is 0 Å². The Morgan fingerprint density at radius 1 is 1.22 bits per heavy atom. The molecule has 1 atom stereocenters. The van der Waals surface area contributed by atoms with E-state index in [4.69, 9.17) is 11.6 Å². The number of rotatable bonds is 6. The molecule has 0 bridgehead atoms. The lowest BCUT2D eigenvalue weighted by molar-refractivity contribution is 0.0754. The van der Waals surface area contributed by atoms with Crippen molar-refractivity contribution in [2.75, 3.05) is 11.9 Å². The normalized spacial score (nSPS) is 13.7. The number of thiophene rings is 1. The third-order valence-corrected chi connectivity index (χ3v) is 5.63. The molecular weight excluding hydrogens is 350 g/mol. The smallest absolute Gasteiger partial charge is 0.205 e. The van der Waals surface area contributed by atoms with Gasteiger partial charge in [0.25, 0.3) is 0 Å². The van der Waals surface area contributed by atoms with E-state index in [1.165, 1.54) is 22.7 Å². The second-order valence-corrected chi connectivity index (χ2v) is 7.86. The number of aliphatic hydroxyl groups is 1. The lowest BCUT2D eigenvalue weighted by Crippen LogP contribution is -2.29. The molecule has 23 heavy (non-hydrogen) atoms. The lowest BCUT2D eigenvalue weighted by atomic mass is 10.1. The fourth-order valence-corrected chi connectivity index (χ4v) is 3.78. The van der Waals surface area contributed by atoms with Crippen LogP contribution in [0.4, 0.5) is 5.13 Å². The number of anilines is 1. The molecule has 1 aromatic carbocycles. The van der Waals surface area contributed by atoms with Gasteiger partial charge in [0.15, 0.2) is 0 Å². The van der Waals surface area contributed by atoms with Crippen molar-refractivity contribution >= 4 is 39.4 Å². The van der Waals surface area contributed by atoms with Gasteiger partial charge in [0.2, 0.25) is 5.13 Å². The van der Waals surface area contributed by atoms with Crippen LogP contribution in [0, 0.1) is 0 Å². The minimum Gasteiger partial charge on any atom is -0.383 e.